The van der Waals surface area contributed by atoms with Crippen molar-refractivity contribution >= 4 is 11.4 Å². The average molecular weight is 242 g/mol. The van der Waals surface area contributed by atoms with Crippen LogP contribution in [0.2, 0.25) is 0 Å². The highest BCUT2D eigenvalue weighted by Crippen LogP contribution is 2.23. The van der Waals surface area contributed by atoms with Crippen molar-refractivity contribution in [1.82, 2.24) is 0 Å². The molecule has 18 heavy (non-hydrogen) atoms. The number of nitriles is 1. The van der Waals surface area contributed by atoms with Crippen LogP contribution in [-0.2, 0) is 0 Å². The first-order valence-corrected chi connectivity index (χ1v) is 5.33. The van der Waals surface area contributed by atoms with Crippen LogP contribution < -0.4 is 10.1 Å². The molecular weight excluding hydrogens is 231 g/mol. The quantitative estimate of drug-likeness (QED) is 0.896. The summed E-state index contributed by atoms with van der Waals surface area (Å²) in [5, 5.41) is 12.0. The van der Waals surface area contributed by atoms with Crippen LogP contribution in [0.5, 0.6) is 5.75 Å². The number of rotatable bonds is 3. The van der Waals surface area contributed by atoms with Crippen molar-refractivity contribution in [2.75, 3.05) is 12.4 Å². The molecule has 0 atom stereocenters. The third-order valence-electron chi connectivity index (χ3n) is 2.47. The summed E-state index contributed by atoms with van der Waals surface area (Å²) in [6.45, 7) is 0. The first-order chi connectivity index (χ1) is 8.72. The Hall–Kier alpha value is -2.54. The Bertz CT molecular complexity index is 588. The molecule has 2 aromatic rings. The van der Waals surface area contributed by atoms with Gasteiger partial charge >= 0.3 is 0 Å². The third-order valence-corrected chi connectivity index (χ3v) is 2.47. The molecule has 0 amide bonds. The second-order valence-electron chi connectivity index (χ2n) is 3.66. The van der Waals surface area contributed by atoms with Gasteiger partial charge in [0.15, 0.2) is 0 Å². The van der Waals surface area contributed by atoms with Crippen molar-refractivity contribution in [1.29, 1.82) is 5.26 Å². The fourth-order valence-corrected chi connectivity index (χ4v) is 1.55. The first kappa shape index (κ1) is 11.9. The van der Waals surface area contributed by atoms with Crippen molar-refractivity contribution in [3.8, 4) is 11.8 Å². The second-order valence-corrected chi connectivity index (χ2v) is 3.66. The number of nitrogens with one attached hydrogen (secondary N) is 1. The Kier molecular flexibility index (Phi) is 3.44. The van der Waals surface area contributed by atoms with Crippen molar-refractivity contribution in [3.63, 3.8) is 0 Å². The summed E-state index contributed by atoms with van der Waals surface area (Å²) < 4.78 is 18.0. The molecule has 1 N–H and O–H groups in total. The largest absolute Gasteiger partial charge is 0.497 e. The molecule has 0 aliphatic heterocycles. The molecule has 0 fully saturated rings. The van der Waals surface area contributed by atoms with Crippen LogP contribution in [0, 0.1) is 17.1 Å². The molecule has 0 unspecified atom stereocenters. The van der Waals surface area contributed by atoms with E-state index in [0.29, 0.717) is 5.69 Å². The number of methoxy groups -OCH3 is 1. The minimum Gasteiger partial charge on any atom is -0.497 e. The average Bonchev–Trinajstić information content (AvgIpc) is 2.41. The van der Waals surface area contributed by atoms with E-state index in [1.807, 2.05) is 18.2 Å². The van der Waals surface area contributed by atoms with Crippen LogP contribution in [0.3, 0.4) is 0 Å². The van der Waals surface area contributed by atoms with Gasteiger partial charge in [-0.3, -0.25) is 0 Å². The van der Waals surface area contributed by atoms with Gasteiger partial charge in [0.2, 0.25) is 0 Å². The molecule has 0 aliphatic rings. The molecule has 0 heterocycles. The van der Waals surface area contributed by atoms with E-state index in [4.69, 9.17) is 10.00 Å². The highest BCUT2D eigenvalue weighted by molar-refractivity contribution is 5.66. The number of benzene rings is 2. The van der Waals surface area contributed by atoms with Crippen LogP contribution >= 0.6 is 0 Å². The predicted molar refractivity (Wildman–Crippen MR) is 67.4 cm³/mol. The lowest BCUT2D eigenvalue weighted by Crippen LogP contribution is -1.94. The van der Waals surface area contributed by atoms with Crippen LogP contribution in [0.25, 0.3) is 0 Å². The Morgan fingerprint density at radius 2 is 1.89 bits per heavy atom. The normalized spacial score (nSPS) is 9.61. The van der Waals surface area contributed by atoms with Crippen molar-refractivity contribution in [2.24, 2.45) is 0 Å². The molecule has 0 saturated carbocycles. The van der Waals surface area contributed by atoms with Gasteiger partial charge in [-0.25, -0.2) is 4.39 Å². The van der Waals surface area contributed by atoms with Gasteiger partial charge in [-0.05, 0) is 42.5 Å². The van der Waals surface area contributed by atoms with Gasteiger partial charge in [0.1, 0.15) is 17.6 Å². The lowest BCUT2D eigenvalue weighted by atomic mass is 10.2. The number of ether oxygens (including phenoxy) is 1. The number of anilines is 2. The molecule has 0 spiro atoms. The molecule has 2 aromatic carbocycles. The van der Waals surface area contributed by atoms with Gasteiger partial charge in [0, 0.05) is 5.69 Å². The number of nitrogens with zero attached hydrogens (tertiary/aromatic N) is 1. The van der Waals surface area contributed by atoms with E-state index < -0.39 is 5.82 Å². The fraction of sp³-hybridized carbons (Fsp3) is 0.0714. The second kappa shape index (κ2) is 5.19. The van der Waals surface area contributed by atoms with E-state index in [9.17, 15) is 4.39 Å². The first-order valence-electron chi connectivity index (χ1n) is 5.33. The smallest absolute Gasteiger partial charge is 0.124 e. The Balaban J connectivity index is 2.25. The maximum Gasteiger partial charge on any atom is 0.124 e. The van der Waals surface area contributed by atoms with Crippen LogP contribution in [0.1, 0.15) is 5.56 Å². The molecule has 90 valence electrons. The van der Waals surface area contributed by atoms with E-state index in [1.54, 1.807) is 19.2 Å². The van der Waals surface area contributed by atoms with Crippen molar-refractivity contribution in [2.45, 2.75) is 0 Å². The molecule has 0 aromatic heterocycles. The van der Waals surface area contributed by atoms with E-state index in [2.05, 4.69) is 5.32 Å². The van der Waals surface area contributed by atoms with Crippen LogP contribution in [0.15, 0.2) is 42.5 Å². The molecule has 0 radical (unpaired) electrons. The van der Waals surface area contributed by atoms with E-state index in [0.717, 1.165) is 11.4 Å². The SMILES string of the molecule is COc1ccc(Nc2ccc(F)cc2C#N)cc1. The summed E-state index contributed by atoms with van der Waals surface area (Å²) in [6.07, 6.45) is 0. The van der Waals surface area contributed by atoms with Crippen molar-refractivity contribution < 1.29 is 9.13 Å². The summed E-state index contributed by atoms with van der Waals surface area (Å²) in [5.41, 5.74) is 1.65. The van der Waals surface area contributed by atoms with E-state index >= 15 is 0 Å². The van der Waals surface area contributed by atoms with Crippen LogP contribution in [-0.4, -0.2) is 7.11 Å². The topological polar surface area (TPSA) is 45.0 Å². The monoisotopic (exact) mass is 242 g/mol. The predicted octanol–water partition coefficient (Wildman–Crippen LogP) is 3.45. The molecule has 0 bridgehead atoms. The van der Waals surface area contributed by atoms with Gasteiger partial charge in [-0.2, -0.15) is 5.26 Å². The van der Waals surface area contributed by atoms with Gasteiger partial charge < -0.3 is 10.1 Å². The van der Waals surface area contributed by atoms with Crippen molar-refractivity contribution in [3.05, 3.63) is 53.8 Å². The standard InChI is InChI=1S/C14H11FN2O/c1-18-13-5-3-12(4-6-13)17-14-7-2-11(15)8-10(14)9-16/h2-8,17H,1H3. The van der Waals surface area contributed by atoms with E-state index in [-0.39, 0.29) is 5.56 Å². The molecule has 0 saturated heterocycles. The van der Waals surface area contributed by atoms with Crippen LogP contribution in [0.4, 0.5) is 15.8 Å². The molecular formula is C14H11FN2O. The summed E-state index contributed by atoms with van der Waals surface area (Å²) in [6, 6.07) is 13.3. The zero-order valence-electron chi connectivity index (χ0n) is 9.77. The lowest BCUT2D eigenvalue weighted by molar-refractivity contribution is 0.415. The van der Waals surface area contributed by atoms with Gasteiger partial charge in [-0.1, -0.05) is 0 Å². The summed E-state index contributed by atoms with van der Waals surface area (Å²) >= 11 is 0. The fourth-order valence-electron chi connectivity index (χ4n) is 1.55. The molecule has 4 heteroatoms. The minimum absolute atomic E-state index is 0.269. The molecule has 0 aliphatic carbocycles. The number of hydrogen-bond acceptors (Lipinski definition) is 3. The Labute approximate surface area is 104 Å². The number of halogens is 1. The Morgan fingerprint density at radius 3 is 2.50 bits per heavy atom. The maximum absolute atomic E-state index is 13.0. The summed E-state index contributed by atoms with van der Waals surface area (Å²) in [7, 11) is 1.59. The maximum atomic E-state index is 13.0. The zero-order valence-corrected chi connectivity index (χ0v) is 9.77. The lowest BCUT2D eigenvalue weighted by Gasteiger charge is -2.08. The number of hydrogen-bond donors (Lipinski definition) is 1. The minimum atomic E-state index is -0.424. The highest BCUT2D eigenvalue weighted by atomic mass is 19.1. The zero-order chi connectivity index (χ0) is 13.0. The third kappa shape index (κ3) is 2.58. The van der Waals surface area contributed by atoms with Gasteiger partial charge in [0.05, 0.1) is 18.4 Å². The summed E-state index contributed by atoms with van der Waals surface area (Å²) in [5.74, 6) is 0.326. The molecule has 3 nitrogen and oxygen atoms in total. The van der Waals surface area contributed by atoms with Gasteiger partial charge in [0.25, 0.3) is 0 Å². The summed E-state index contributed by atoms with van der Waals surface area (Å²) in [4.78, 5) is 0. The highest BCUT2D eigenvalue weighted by Gasteiger charge is 2.04. The molecule has 2 rings (SSSR count). The van der Waals surface area contributed by atoms with Gasteiger partial charge in [-0.15, -0.1) is 0 Å². The van der Waals surface area contributed by atoms with E-state index in [1.165, 1.54) is 18.2 Å². The Morgan fingerprint density at radius 1 is 1.17 bits per heavy atom.